The molecule has 1 N–H and O–H groups in total. The van der Waals surface area contributed by atoms with Crippen molar-refractivity contribution in [3.05, 3.63) is 68.2 Å². The van der Waals surface area contributed by atoms with Gasteiger partial charge in [0.15, 0.2) is 0 Å². The number of anilines is 1. The maximum absolute atomic E-state index is 10.7. The number of nitrogens with one attached hydrogen (secondary N) is 1. The largest absolute Gasteiger partial charge is 0.381 e. The van der Waals surface area contributed by atoms with E-state index in [0.717, 1.165) is 11.3 Å². The first-order chi connectivity index (χ1) is 9.60. The van der Waals surface area contributed by atoms with Crippen LogP contribution in [0.5, 0.6) is 0 Å². The van der Waals surface area contributed by atoms with E-state index in [2.05, 4.69) is 27.3 Å². The highest BCUT2D eigenvalue weighted by Gasteiger charge is 2.11. The van der Waals surface area contributed by atoms with Gasteiger partial charge in [-0.25, -0.2) is 0 Å². The molecule has 0 saturated carbocycles. The summed E-state index contributed by atoms with van der Waals surface area (Å²) in [6.07, 6.45) is 0. The van der Waals surface area contributed by atoms with Crippen molar-refractivity contribution >= 4 is 27.3 Å². The molecule has 0 unspecified atom stereocenters. The number of hydrogen-bond acceptors (Lipinski definition) is 4. The molecule has 0 bridgehead atoms. The molecule has 0 aliphatic heterocycles. The highest BCUT2D eigenvalue weighted by molar-refractivity contribution is 9.10. The highest BCUT2D eigenvalue weighted by atomic mass is 79.9. The van der Waals surface area contributed by atoms with Crippen molar-refractivity contribution in [2.24, 2.45) is 0 Å². The summed E-state index contributed by atoms with van der Waals surface area (Å²) < 4.78 is 0.429. The van der Waals surface area contributed by atoms with Crippen LogP contribution in [0.3, 0.4) is 0 Å². The summed E-state index contributed by atoms with van der Waals surface area (Å²) in [5, 5.41) is 22.7. The lowest BCUT2D eigenvalue weighted by Crippen LogP contribution is -2.00. The fourth-order valence-electron chi connectivity index (χ4n) is 1.72. The lowest BCUT2D eigenvalue weighted by molar-refractivity contribution is -0.385. The van der Waals surface area contributed by atoms with Crippen molar-refractivity contribution < 1.29 is 4.92 Å². The predicted molar refractivity (Wildman–Crippen MR) is 79.3 cm³/mol. The van der Waals surface area contributed by atoms with E-state index in [9.17, 15) is 10.1 Å². The van der Waals surface area contributed by atoms with Crippen LogP contribution >= 0.6 is 15.9 Å². The maximum atomic E-state index is 10.7. The van der Waals surface area contributed by atoms with Gasteiger partial charge in [-0.1, -0.05) is 12.1 Å². The quantitative estimate of drug-likeness (QED) is 0.681. The van der Waals surface area contributed by atoms with Gasteiger partial charge in [0.25, 0.3) is 5.69 Å². The molecular formula is C14H10BrN3O2. The number of hydrogen-bond donors (Lipinski definition) is 1. The summed E-state index contributed by atoms with van der Waals surface area (Å²) >= 11 is 3.17. The molecular weight excluding hydrogens is 322 g/mol. The van der Waals surface area contributed by atoms with Gasteiger partial charge in [-0.3, -0.25) is 10.1 Å². The average Bonchev–Trinajstić information content (AvgIpc) is 2.45. The predicted octanol–water partition coefficient (Wildman–Crippen LogP) is 3.84. The third-order valence-electron chi connectivity index (χ3n) is 2.70. The maximum Gasteiger partial charge on any atom is 0.283 e. The first kappa shape index (κ1) is 14.0. The van der Waals surface area contributed by atoms with Crippen LogP contribution in [0.1, 0.15) is 11.1 Å². The second kappa shape index (κ2) is 6.17. The second-order valence-corrected chi connectivity index (χ2v) is 4.94. The minimum absolute atomic E-state index is 0.0297. The van der Waals surface area contributed by atoms with E-state index in [1.54, 1.807) is 24.3 Å². The molecule has 0 atom stereocenters. The molecule has 20 heavy (non-hydrogen) atoms. The van der Waals surface area contributed by atoms with E-state index in [0.29, 0.717) is 16.6 Å². The Labute approximate surface area is 124 Å². The van der Waals surface area contributed by atoms with E-state index < -0.39 is 4.92 Å². The Morgan fingerprint density at radius 3 is 2.75 bits per heavy atom. The summed E-state index contributed by atoms with van der Waals surface area (Å²) in [5.74, 6) is 0. The molecule has 0 heterocycles. The standard InChI is InChI=1S/C14H10BrN3O2/c15-13-7-12(4-5-14(13)18(19)20)17-9-11-3-1-2-10(6-11)8-16/h1-7,17H,9H2. The number of nitriles is 1. The van der Waals surface area contributed by atoms with Gasteiger partial charge in [0, 0.05) is 18.3 Å². The van der Waals surface area contributed by atoms with E-state index >= 15 is 0 Å². The fraction of sp³-hybridized carbons (Fsp3) is 0.0714. The molecule has 0 fully saturated rings. The molecule has 100 valence electrons. The molecule has 0 aromatic heterocycles. The van der Waals surface area contributed by atoms with Crippen molar-refractivity contribution in [2.75, 3.05) is 5.32 Å². The van der Waals surface area contributed by atoms with Crippen LogP contribution in [0.15, 0.2) is 46.9 Å². The molecule has 2 aromatic rings. The van der Waals surface area contributed by atoms with Crippen molar-refractivity contribution in [2.45, 2.75) is 6.54 Å². The van der Waals surface area contributed by atoms with E-state index in [-0.39, 0.29) is 5.69 Å². The Morgan fingerprint density at radius 1 is 1.30 bits per heavy atom. The molecule has 5 nitrogen and oxygen atoms in total. The third-order valence-corrected chi connectivity index (χ3v) is 3.33. The van der Waals surface area contributed by atoms with Crippen molar-refractivity contribution in [1.29, 1.82) is 5.26 Å². The fourth-order valence-corrected chi connectivity index (χ4v) is 2.24. The number of benzene rings is 2. The molecule has 0 saturated heterocycles. The average molecular weight is 332 g/mol. The number of nitrogens with zero attached hydrogens (tertiary/aromatic N) is 2. The van der Waals surface area contributed by atoms with Crippen LogP contribution in [-0.2, 0) is 6.54 Å². The number of halogens is 1. The van der Waals surface area contributed by atoms with E-state index in [1.165, 1.54) is 6.07 Å². The summed E-state index contributed by atoms with van der Waals surface area (Å²) in [5.41, 5.74) is 2.37. The Kier molecular flexibility index (Phi) is 4.33. The van der Waals surface area contributed by atoms with Gasteiger partial charge in [-0.2, -0.15) is 5.26 Å². The zero-order chi connectivity index (χ0) is 14.5. The van der Waals surface area contributed by atoms with Gasteiger partial charge in [0.1, 0.15) is 0 Å². The molecule has 2 rings (SSSR count). The van der Waals surface area contributed by atoms with Crippen molar-refractivity contribution in [3.63, 3.8) is 0 Å². The molecule has 0 aliphatic carbocycles. The van der Waals surface area contributed by atoms with Gasteiger partial charge in [-0.15, -0.1) is 0 Å². The van der Waals surface area contributed by atoms with Gasteiger partial charge in [0.05, 0.1) is 21.0 Å². The lowest BCUT2D eigenvalue weighted by atomic mass is 10.1. The molecule has 2 aromatic carbocycles. The molecule has 0 amide bonds. The van der Waals surface area contributed by atoms with Crippen LogP contribution in [0, 0.1) is 21.4 Å². The van der Waals surface area contributed by atoms with E-state index in [4.69, 9.17) is 5.26 Å². The van der Waals surface area contributed by atoms with Crippen molar-refractivity contribution in [1.82, 2.24) is 0 Å². The first-order valence-corrected chi connectivity index (χ1v) is 6.56. The minimum Gasteiger partial charge on any atom is -0.381 e. The highest BCUT2D eigenvalue weighted by Crippen LogP contribution is 2.27. The number of rotatable bonds is 4. The third kappa shape index (κ3) is 3.33. The van der Waals surface area contributed by atoms with Gasteiger partial charge >= 0.3 is 0 Å². The first-order valence-electron chi connectivity index (χ1n) is 5.77. The van der Waals surface area contributed by atoms with Crippen molar-refractivity contribution in [3.8, 4) is 6.07 Å². The Morgan fingerprint density at radius 2 is 2.10 bits per heavy atom. The number of nitro groups is 1. The molecule has 0 radical (unpaired) electrons. The molecule has 0 spiro atoms. The minimum atomic E-state index is -0.440. The Balaban J connectivity index is 2.09. The van der Waals surface area contributed by atoms with Crippen LogP contribution in [-0.4, -0.2) is 4.92 Å². The van der Waals surface area contributed by atoms with Crippen LogP contribution in [0.2, 0.25) is 0 Å². The van der Waals surface area contributed by atoms with Crippen LogP contribution < -0.4 is 5.32 Å². The molecule has 0 aliphatic rings. The molecule has 6 heteroatoms. The summed E-state index contributed by atoms with van der Waals surface area (Å²) in [4.78, 5) is 10.3. The van der Waals surface area contributed by atoms with Crippen LogP contribution in [0.4, 0.5) is 11.4 Å². The van der Waals surface area contributed by atoms with Gasteiger partial charge < -0.3 is 5.32 Å². The zero-order valence-corrected chi connectivity index (χ0v) is 11.9. The Hall–Kier alpha value is -2.39. The SMILES string of the molecule is N#Cc1cccc(CNc2ccc([N+](=O)[O-])c(Br)c2)c1. The van der Waals surface area contributed by atoms with Gasteiger partial charge in [0.2, 0.25) is 0 Å². The lowest BCUT2D eigenvalue weighted by Gasteiger charge is -2.07. The summed E-state index contributed by atoms with van der Waals surface area (Å²) in [6, 6.07) is 14.1. The Bertz CT molecular complexity index is 695. The summed E-state index contributed by atoms with van der Waals surface area (Å²) in [6.45, 7) is 0.541. The zero-order valence-electron chi connectivity index (χ0n) is 10.3. The summed E-state index contributed by atoms with van der Waals surface area (Å²) in [7, 11) is 0. The van der Waals surface area contributed by atoms with Gasteiger partial charge in [-0.05, 0) is 45.8 Å². The topological polar surface area (TPSA) is 79.0 Å². The monoisotopic (exact) mass is 331 g/mol. The number of nitro benzene ring substituents is 1. The normalized spacial score (nSPS) is 9.80. The smallest absolute Gasteiger partial charge is 0.283 e. The van der Waals surface area contributed by atoms with E-state index in [1.807, 2.05) is 12.1 Å². The van der Waals surface area contributed by atoms with Crippen LogP contribution in [0.25, 0.3) is 0 Å². The second-order valence-electron chi connectivity index (χ2n) is 4.09.